The van der Waals surface area contributed by atoms with Crippen LogP contribution in [0.3, 0.4) is 0 Å². The molecule has 1 fully saturated rings. The summed E-state index contributed by atoms with van der Waals surface area (Å²) in [5, 5.41) is 4.26. The first-order valence-corrected chi connectivity index (χ1v) is 9.27. The highest BCUT2D eigenvalue weighted by Gasteiger charge is 2.40. The number of hydrogen-bond acceptors (Lipinski definition) is 3. The van der Waals surface area contributed by atoms with Crippen LogP contribution in [0.25, 0.3) is 5.82 Å². The van der Waals surface area contributed by atoms with E-state index in [-0.39, 0.29) is 12.1 Å². The molecular weight excluding hydrogens is 342 g/mol. The molecule has 2 atom stereocenters. The van der Waals surface area contributed by atoms with E-state index < -0.39 is 0 Å². The second-order valence-electron chi connectivity index (χ2n) is 6.31. The molecule has 0 bridgehead atoms. The number of nitrogens with zero attached hydrogens (tertiary/aromatic N) is 4. The van der Waals surface area contributed by atoms with Gasteiger partial charge in [0.05, 0.1) is 17.8 Å². The van der Waals surface area contributed by atoms with Crippen LogP contribution in [0.4, 0.5) is 0 Å². The Morgan fingerprint density at radius 2 is 1.85 bits per heavy atom. The van der Waals surface area contributed by atoms with Crippen molar-refractivity contribution in [2.75, 3.05) is 6.54 Å². The smallest absolute Gasteiger partial charge is 0.170 e. The van der Waals surface area contributed by atoms with Gasteiger partial charge in [-0.1, -0.05) is 19.1 Å². The normalized spacial score (nSPS) is 19.6. The van der Waals surface area contributed by atoms with E-state index in [0.717, 1.165) is 35.3 Å². The Labute approximate surface area is 158 Å². The molecule has 0 amide bonds. The predicted octanol–water partition coefficient (Wildman–Crippen LogP) is 3.65. The quantitative estimate of drug-likeness (QED) is 0.701. The van der Waals surface area contributed by atoms with Crippen molar-refractivity contribution >= 4 is 17.3 Å². The number of thiocarbonyl (C=S) groups is 1. The average Bonchev–Trinajstić information content (AvgIpc) is 3.28. The maximum absolute atomic E-state index is 5.66. The molecule has 1 aliphatic heterocycles. The second kappa shape index (κ2) is 7.25. The summed E-state index contributed by atoms with van der Waals surface area (Å²) in [7, 11) is 0. The first-order valence-electron chi connectivity index (χ1n) is 8.86. The SMILES string of the molecule is CCCN1C(=S)NC(c2ccccn2)C1c1cccn1-c1ccccn1. The van der Waals surface area contributed by atoms with Gasteiger partial charge in [0.1, 0.15) is 5.82 Å². The molecule has 3 aromatic heterocycles. The molecule has 26 heavy (non-hydrogen) atoms. The highest BCUT2D eigenvalue weighted by Crippen LogP contribution is 2.39. The van der Waals surface area contributed by atoms with Gasteiger partial charge in [0.25, 0.3) is 0 Å². The Balaban J connectivity index is 1.81. The van der Waals surface area contributed by atoms with Crippen molar-refractivity contribution in [3.05, 3.63) is 78.5 Å². The molecule has 0 radical (unpaired) electrons. The van der Waals surface area contributed by atoms with Crippen LogP contribution in [-0.2, 0) is 0 Å². The van der Waals surface area contributed by atoms with Crippen molar-refractivity contribution in [2.24, 2.45) is 0 Å². The lowest BCUT2D eigenvalue weighted by Crippen LogP contribution is -2.31. The maximum atomic E-state index is 5.66. The lowest BCUT2D eigenvalue weighted by Gasteiger charge is -2.28. The zero-order chi connectivity index (χ0) is 17.9. The van der Waals surface area contributed by atoms with Gasteiger partial charge in [-0.15, -0.1) is 0 Å². The van der Waals surface area contributed by atoms with Crippen LogP contribution in [0, 0.1) is 0 Å². The summed E-state index contributed by atoms with van der Waals surface area (Å²) < 4.78 is 2.14. The minimum atomic E-state index is 0.00705. The molecule has 0 spiro atoms. The van der Waals surface area contributed by atoms with Crippen LogP contribution in [0.15, 0.2) is 67.1 Å². The van der Waals surface area contributed by atoms with E-state index >= 15 is 0 Å². The fourth-order valence-electron chi connectivity index (χ4n) is 3.55. The Morgan fingerprint density at radius 1 is 1.04 bits per heavy atom. The lowest BCUT2D eigenvalue weighted by atomic mass is 10.0. The molecule has 1 N–H and O–H groups in total. The fourth-order valence-corrected chi connectivity index (χ4v) is 3.88. The number of nitrogens with one attached hydrogen (secondary N) is 1. The van der Waals surface area contributed by atoms with Gasteiger partial charge in [-0.2, -0.15) is 0 Å². The summed E-state index contributed by atoms with van der Waals surface area (Å²) in [6, 6.07) is 16.2. The van der Waals surface area contributed by atoms with E-state index in [1.165, 1.54) is 0 Å². The van der Waals surface area contributed by atoms with Crippen LogP contribution in [0.2, 0.25) is 0 Å². The Bertz CT molecular complexity index is 877. The van der Waals surface area contributed by atoms with E-state index in [2.05, 4.69) is 56.1 Å². The van der Waals surface area contributed by atoms with Gasteiger partial charge in [0.15, 0.2) is 5.11 Å². The van der Waals surface area contributed by atoms with E-state index in [9.17, 15) is 0 Å². The van der Waals surface area contributed by atoms with Crippen molar-refractivity contribution in [2.45, 2.75) is 25.4 Å². The molecule has 4 heterocycles. The standard InChI is InChI=1S/C20H21N5S/c1-2-13-25-19(18(23-20(25)26)15-8-3-5-11-21-15)16-9-7-14-24(16)17-10-4-6-12-22-17/h3-12,14,18-19H,2,13H2,1H3,(H,23,26). The molecule has 3 aromatic rings. The second-order valence-corrected chi connectivity index (χ2v) is 6.70. The van der Waals surface area contributed by atoms with Gasteiger partial charge < -0.3 is 14.8 Å². The van der Waals surface area contributed by atoms with Crippen LogP contribution < -0.4 is 5.32 Å². The molecule has 2 unspecified atom stereocenters. The largest absolute Gasteiger partial charge is 0.352 e. The van der Waals surface area contributed by atoms with E-state index in [0.29, 0.717) is 0 Å². The van der Waals surface area contributed by atoms with Crippen LogP contribution >= 0.6 is 12.2 Å². The maximum Gasteiger partial charge on any atom is 0.170 e. The summed E-state index contributed by atoms with van der Waals surface area (Å²) >= 11 is 5.66. The monoisotopic (exact) mass is 363 g/mol. The van der Waals surface area contributed by atoms with Crippen molar-refractivity contribution in [1.82, 2.24) is 24.8 Å². The zero-order valence-corrected chi connectivity index (χ0v) is 15.4. The minimum Gasteiger partial charge on any atom is -0.352 e. The summed E-state index contributed by atoms with van der Waals surface area (Å²) in [4.78, 5) is 11.4. The average molecular weight is 363 g/mol. The summed E-state index contributed by atoms with van der Waals surface area (Å²) in [5.74, 6) is 0.904. The van der Waals surface area contributed by atoms with Gasteiger partial charge >= 0.3 is 0 Å². The summed E-state index contributed by atoms with van der Waals surface area (Å²) in [6.45, 7) is 3.07. The zero-order valence-electron chi connectivity index (χ0n) is 14.6. The molecule has 1 saturated heterocycles. The third-order valence-corrected chi connectivity index (χ3v) is 4.99. The van der Waals surface area contributed by atoms with Gasteiger partial charge in [0, 0.05) is 30.8 Å². The highest BCUT2D eigenvalue weighted by molar-refractivity contribution is 7.80. The number of hydrogen-bond donors (Lipinski definition) is 1. The first-order chi connectivity index (χ1) is 12.8. The molecule has 1 aliphatic rings. The van der Waals surface area contributed by atoms with Gasteiger partial charge in [-0.05, 0) is 55.0 Å². The Hall–Kier alpha value is -2.73. The number of aromatic nitrogens is 3. The van der Waals surface area contributed by atoms with Gasteiger partial charge in [-0.3, -0.25) is 4.98 Å². The van der Waals surface area contributed by atoms with E-state index in [1.807, 2.05) is 42.7 Å². The van der Waals surface area contributed by atoms with E-state index in [1.54, 1.807) is 0 Å². The summed E-state index contributed by atoms with van der Waals surface area (Å²) in [5.41, 5.74) is 2.15. The van der Waals surface area contributed by atoms with Crippen LogP contribution in [0.1, 0.15) is 36.8 Å². The minimum absolute atomic E-state index is 0.00705. The predicted molar refractivity (Wildman–Crippen MR) is 106 cm³/mol. The van der Waals surface area contributed by atoms with Crippen LogP contribution in [-0.4, -0.2) is 31.1 Å². The topological polar surface area (TPSA) is 46.0 Å². The van der Waals surface area contributed by atoms with Gasteiger partial charge in [0.2, 0.25) is 0 Å². The fraction of sp³-hybridized carbons (Fsp3) is 0.250. The molecule has 6 heteroatoms. The first kappa shape index (κ1) is 16.7. The summed E-state index contributed by atoms with van der Waals surface area (Å²) in [6.07, 6.45) is 6.73. The number of pyridine rings is 2. The third kappa shape index (κ3) is 2.97. The molecule has 0 saturated carbocycles. The Kier molecular flexibility index (Phi) is 4.67. The molecule has 132 valence electrons. The van der Waals surface area contributed by atoms with Crippen molar-refractivity contribution in [3.63, 3.8) is 0 Å². The Morgan fingerprint density at radius 3 is 2.54 bits per heavy atom. The molecule has 5 nitrogen and oxygen atoms in total. The van der Waals surface area contributed by atoms with Crippen molar-refractivity contribution < 1.29 is 0 Å². The van der Waals surface area contributed by atoms with E-state index in [4.69, 9.17) is 12.2 Å². The molecule has 0 aromatic carbocycles. The highest BCUT2D eigenvalue weighted by atomic mass is 32.1. The molecular formula is C20H21N5S. The molecule has 4 rings (SSSR count). The third-order valence-electron chi connectivity index (χ3n) is 4.64. The molecule has 0 aliphatic carbocycles. The number of rotatable bonds is 5. The lowest BCUT2D eigenvalue weighted by molar-refractivity contribution is 0.308. The van der Waals surface area contributed by atoms with Crippen molar-refractivity contribution in [1.29, 1.82) is 0 Å². The van der Waals surface area contributed by atoms with Gasteiger partial charge in [-0.25, -0.2) is 4.98 Å². The van der Waals surface area contributed by atoms with Crippen LogP contribution in [0.5, 0.6) is 0 Å². The van der Waals surface area contributed by atoms with Crippen molar-refractivity contribution in [3.8, 4) is 5.82 Å².